The Bertz CT molecular complexity index is 328. The molecule has 0 radical (unpaired) electrons. The van der Waals surface area contributed by atoms with Crippen molar-refractivity contribution in [1.82, 2.24) is 4.90 Å². The number of alkyl halides is 1. The molecule has 0 saturated carbocycles. The Morgan fingerprint density at radius 2 is 1.94 bits per heavy atom. The smallest absolute Gasteiger partial charge is 0.0241 e. The van der Waals surface area contributed by atoms with Crippen LogP contribution in [0.25, 0.3) is 0 Å². The number of hydrogen-bond donors (Lipinski definition) is 0. The van der Waals surface area contributed by atoms with Gasteiger partial charge in [-0.2, -0.15) is 0 Å². The molecule has 0 N–H and O–H groups in total. The molecule has 0 fully saturated rings. The summed E-state index contributed by atoms with van der Waals surface area (Å²) in [5, 5.41) is 1.11. The molecule has 0 aromatic heterocycles. The third kappa shape index (κ3) is 6.03. The Balaban J connectivity index is 2.34. The molecule has 1 aromatic rings. The summed E-state index contributed by atoms with van der Waals surface area (Å²) in [6, 6.07) is 8.45. The van der Waals surface area contributed by atoms with Crippen LogP contribution in [0.3, 0.4) is 0 Å². The van der Waals surface area contributed by atoms with Gasteiger partial charge < -0.3 is 4.90 Å². The van der Waals surface area contributed by atoms with Crippen molar-refractivity contribution in [3.8, 4) is 0 Å². The lowest BCUT2D eigenvalue weighted by atomic mass is 10.1. The zero-order chi connectivity index (χ0) is 12.7. The van der Waals surface area contributed by atoms with Crippen LogP contribution in [-0.2, 0) is 6.54 Å². The maximum absolute atomic E-state index is 3.60. The van der Waals surface area contributed by atoms with Gasteiger partial charge >= 0.3 is 0 Å². The Hall–Kier alpha value is 0.140. The molecule has 96 valence electrons. The van der Waals surface area contributed by atoms with Crippen molar-refractivity contribution >= 4 is 31.9 Å². The first-order valence-corrected chi connectivity index (χ1v) is 8.03. The molecule has 0 aliphatic carbocycles. The minimum absolute atomic E-state index is 0.802. The molecule has 0 aliphatic heterocycles. The first kappa shape index (κ1) is 15.2. The Labute approximate surface area is 122 Å². The lowest BCUT2D eigenvalue weighted by Gasteiger charge is -2.19. The fourth-order valence-corrected chi connectivity index (χ4v) is 2.96. The summed E-state index contributed by atoms with van der Waals surface area (Å²) < 4.78 is 1.21. The molecule has 1 unspecified atom stereocenters. The molecule has 1 aromatic carbocycles. The molecule has 1 nitrogen and oxygen atoms in total. The minimum atomic E-state index is 0.802. The second kappa shape index (κ2) is 8.28. The van der Waals surface area contributed by atoms with Crippen LogP contribution in [0.4, 0.5) is 0 Å². The number of rotatable bonds is 7. The number of nitrogens with zero attached hydrogens (tertiary/aromatic N) is 1. The molecule has 17 heavy (non-hydrogen) atoms. The molecule has 0 heterocycles. The average Bonchev–Trinajstić information content (AvgIpc) is 2.30. The summed E-state index contributed by atoms with van der Waals surface area (Å²) >= 11 is 7.10. The Morgan fingerprint density at radius 3 is 2.59 bits per heavy atom. The molecule has 1 atom stereocenters. The molecule has 0 saturated heterocycles. The van der Waals surface area contributed by atoms with Crippen LogP contribution >= 0.6 is 31.9 Å². The van der Waals surface area contributed by atoms with E-state index >= 15 is 0 Å². The summed E-state index contributed by atoms with van der Waals surface area (Å²) in [5.74, 6) is 0.802. The third-order valence-corrected chi connectivity index (χ3v) is 4.24. The van der Waals surface area contributed by atoms with Crippen molar-refractivity contribution in [2.24, 2.45) is 5.92 Å². The highest BCUT2D eigenvalue weighted by Gasteiger charge is 2.06. The average molecular weight is 363 g/mol. The predicted molar refractivity (Wildman–Crippen MR) is 82.7 cm³/mol. The minimum Gasteiger partial charge on any atom is -0.302 e. The van der Waals surface area contributed by atoms with Gasteiger partial charge in [0.25, 0.3) is 0 Å². The van der Waals surface area contributed by atoms with Crippen LogP contribution in [0.1, 0.15) is 25.3 Å². The molecule has 0 aliphatic rings. The van der Waals surface area contributed by atoms with Gasteiger partial charge in [0.15, 0.2) is 0 Å². The van der Waals surface area contributed by atoms with E-state index in [1.54, 1.807) is 0 Å². The van der Waals surface area contributed by atoms with Crippen molar-refractivity contribution in [3.05, 3.63) is 34.3 Å². The van der Waals surface area contributed by atoms with Crippen molar-refractivity contribution in [3.63, 3.8) is 0 Å². The van der Waals surface area contributed by atoms with Gasteiger partial charge in [-0.25, -0.2) is 0 Å². The lowest BCUT2D eigenvalue weighted by molar-refractivity contribution is 0.296. The number of benzene rings is 1. The lowest BCUT2D eigenvalue weighted by Crippen LogP contribution is -2.21. The van der Waals surface area contributed by atoms with E-state index in [0.29, 0.717) is 0 Å². The van der Waals surface area contributed by atoms with E-state index in [1.807, 2.05) is 0 Å². The monoisotopic (exact) mass is 361 g/mol. The zero-order valence-electron chi connectivity index (χ0n) is 10.6. The second-order valence-electron chi connectivity index (χ2n) is 4.70. The van der Waals surface area contributed by atoms with Gasteiger partial charge in [-0.15, -0.1) is 0 Å². The number of halogens is 2. The largest absolute Gasteiger partial charge is 0.302 e. The van der Waals surface area contributed by atoms with Gasteiger partial charge in [-0.1, -0.05) is 57.0 Å². The van der Waals surface area contributed by atoms with E-state index in [2.05, 4.69) is 75.0 Å². The van der Waals surface area contributed by atoms with E-state index in [1.165, 1.54) is 22.9 Å². The molecule has 0 amide bonds. The summed E-state index contributed by atoms with van der Waals surface area (Å²) in [6.07, 6.45) is 2.54. The molecule has 0 spiro atoms. The SMILES string of the molecule is CC(CCBr)CCN(C)Cc1ccccc1Br. The van der Waals surface area contributed by atoms with Gasteiger partial charge in [0.1, 0.15) is 0 Å². The van der Waals surface area contributed by atoms with Crippen LogP contribution < -0.4 is 0 Å². The van der Waals surface area contributed by atoms with Gasteiger partial charge in [0.2, 0.25) is 0 Å². The highest BCUT2D eigenvalue weighted by Crippen LogP contribution is 2.18. The van der Waals surface area contributed by atoms with E-state index in [-0.39, 0.29) is 0 Å². The van der Waals surface area contributed by atoms with E-state index < -0.39 is 0 Å². The fourth-order valence-electron chi connectivity index (χ4n) is 1.77. The maximum atomic E-state index is 3.60. The van der Waals surface area contributed by atoms with E-state index in [9.17, 15) is 0 Å². The summed E-state index contributed by atoms with van der Waals surface area (Å²) in [6.45, 7) is 4.51. The molecule has 3 heteroatoms. The standard InChI is InChI=1S/C14H21Br2N/c1-12(7-9-15)8-10-17(2)11-13-5-3-4-6-14(13)16/h3-6,12H,7-11H2,1-2H3. The van der Waals surface area contributed by atoms with Crippen molar-refractivity contribution in [1.29, 1.82) is 0 Å². The molecule has 0 bridgehead atoms. The normalized spacial score (nSPS) is 13.0. The summed E-state index contributed by atoms with van der Waals surface area (Å²) in [4.78, 5) is 2.39. The van der Waals surface area contributed by atoms with Crippen molar-refractivity contribution in [2.75, 3.05) is 18.9 Å². The Kier molecular flexibility index (Phi) is 7.40. The summed E-state index contributed by atoms with van der Waals surface area (Å²) in [5.41, 5.74) is 1.36. The van der Waals surface area contributed by atoms with Crippen LogP contribution in [0.5, 0.6) is 0 Å². The third-order valence-electron chi connectivity index (χ3n) is 3.00. The van der Waals surface area contributed by atoms with Gasteiger partial charge in [-0.3, -0.25) is 0 Å². The van der Waals surface area contributed by atoms with Crippen LogP contribution in [-0.4, -0.2) is 23.8 Å². The first-order chi connectivity index (χ1) is 8.13. The van der Waals surface area contributed by atoms with Crippen LogP contribution in [0.15, 0.2) is 28.7 Å². The van der Waals surface area contributed by atoms with Crippen molar-refractivity contribution < 1.29 is 0 Å². The Morgan fingerprint density at radius 1 is 1.24 bits per heavy atom. The van der Waals surface area contributed by atoms with E-state index in [4.69, 9.17) is 0 Å². The van der Waals surface area contributed by atoms with E-state index in [0.717, 1.165) is 24.3 Å². The van der Waals surface area contributed by atoms with Gasteiger partial charge in [0, 0.05) is 16.3 Å². The zero-order valence-corrected chi connectivity index (χ0v) is 13.8. The quantitative estimate of drug-likeness (QED) is 0.636. The second-order valence-corrected chi connectivity index (χ2v) is 6.35. The molecular formula is C14H21Br2N. The highest BCUT2D eigenvalue weighted by atomic mass is 79.9. The summed E-state index contributed by atoms with van der Waals surface area (Å²) in [7, 11) is 2.19. The maximum Gasteiger partial charge on any atom is 0.0241 e. The molecular weight excluding hydrogens is 342 g/mol. The topological polar surface area (TPSA) is 3.24 Å². The fraction of sp³-hybridized carbons (Fsp3) is 0.571. The molecule has 1 rings (SSSR count). The van der Waals surface area contributed by atoms with Gasteiger partial charge in [-0.05, 0) is 44.0 Å². The van der Waals surface area contributed by atoms with Gasteiger partial charge in [0.05, 0.1) is 0 Å². The first-order valence-electron chi connectivity index (χ1n) is 6.11. The van der Waals surface area contributed by atoms with Crippen molar-refractivity contribution in [2.45, 2.75) is 26.3 Å². The number of hydrogen-bond acceptors (Lipinski definition) is 1. The highest BCUT2D eigenvalue weighted by molar-refractivity contribution is 9.10. The van der Waals surface area contributed by atoms with Crippen LogP contribution in [0.2, 0.25) is 0 Å². The van der Waals surface area contributed by atoms with Crippen LogP contribution in [0, 0.1) is 5.92 Å². The predicted octanol–water partition coefficient (Wildman–Crippen LogP) is 4.69.